The number of carbonyl (C=O) groups is 1. The van der Waals surface area contributed by atoms with Crippen LogP contribution in [0.3, 0.4) is 0 Å². The minimum absolute atomic E-state index is 0.116. The van der Waals surface area contributed by atoms with E-state index in [1.165, 1.54) is 0 Å². The lowest BCUT2D eigenvalue weighted by atomic mass is 9.96. The van der Waals surface area contributed by atoms with Crippen LogP contribution in [0, 0.1) is 0 Å². The van der Waals surface area contributed by atoms with E-state index in [4.69, 9.17) is 9.57 Å². The zero-order valence-electron chi connectivity index (χ0n) is 10.3. The van der Waals surface area contributed by atoms with Crippen molar-refractivity contribution >= 4 is 5.91 Å². The van der Waals surface area contributed by atoms with Crippen molar-refractivity contribution in [3.63, 3.8) is 0 Å². The van der Waals surface area contributed by atoms with Gasteiger partial charge < -0.3 is 4.74 Å². The molecule has 0 heterocycles. The highest BCUT2D eigenvalue weighted by Gasteiger charge is 2.18. The normalized spacial score (nSPS) is 12.1. The Balaban J connectivity index is 2.48. The minimum atomic E-state index is -0.168. The van der Waals surface area contributed by atoms with Gasteiger partial charge in [0.2, 0.25) is 0 Å². The number of hydrogen-bond donors (Lipinski definition) is 1. The smallest absolute Gasteiger partial charge is 0.251 e. The monoisotopic (exact) mass is 237 g/mol. The molecule has 0 aromatic heterocycles. The molecule has 17 heavy (non-hydrogen) atoms. The molecule has 0 saturated carbocycles. The fraction of sp³-hybridized carbons (Fsp3) is 0.462. The zero-order chi connectivity index (χ0) is 12.5. The molecule has 0 aliphatic carbocycles. The SMILES string of the molecule is CCC(C(=O)NOCCOC)c1ccccc1. The average Bonchev–Trinajstić information content (AvgIpc) is 2.37. The molecular formula is C13H19NO3. The molecule has 1 aromatic carbocycles. The van der Waals surface area contributed by atoms with E-state index in [2.05, 4.69) is 5.48 Å². The van der Waals surface area contributed by atoms with Crippen LogP contribution in [0.4, 0.5) is 0 Å². The Kier molecular flexibility index (Phi) is 6.29. The molecule has 0 radical (unpaired) electrons. The van der Waals surface area contributed by atoms with E-state index in [-0.39, 0.29) is 11.8 Å². The Labute approximate surface area is 102 Å². The first-order chi connectivity index (χ1) is 8.29. The van der Waals surface area contributed by atoms with Crippen LogP contribution in [0.5, 0.6) is 0 Å². The van der Waals surface area contributed by atoms with Crippen molar-refractivity contribution in [2.45, 2.75) is 19.3 Å². The number of benzene rings is 1. The Bertz CT molecular complexity index is 327. The maximum Gasteiger partial charge on any atom is 0.251 e. The molecule has 1 unspecified atom stereocenters. The van der Waals surface area contributed by atoms with Gasteiger partial charge in [0.15, 0.2) is 0 Å². The molecule has 0 fully saturated rings. The minimum Gasteiger partial charge on any atom is -0.382 e. The molecule has 1 atom stereocenters. The topological polar surface area (TPSA) is 47.6 Å². The van der Waals surface area contributed by atoms with Crippen molar-refractivity contribution in [3.05, 3.63) is 35.9 Å². The van der Waals surface area contributed by atoms with Crippen LogP contribution < -0.4 is 5.48 Å². The first kappa shape index (κ1) is 13.7. The first-order valence-corrected chi connectivity index (χ1v) is 5.75. The lowest BCUT2D eigenvalue weighted by Crippen LogP contribution is -2.30. The number of amides is 1. The van der Waals surface area contributed by atoms with E-state index >= 15 is 0 Å². The van der Waals surface area contributed by atoms with Crippen molar-refractivity contribution in [3.8, 4) is 0 Å². The first-order valence-electron chi connectivity index (χ1n) is 5.75. The molecule has 0 spiro atoms. The van der Waals surface area contributed by atoms with Crippen LogP contribution in [0.2, 0.25) is 0 Å². The van der Waals surface area contributed by atoms with Crippen molar-refractivity contribution in [1.29, 1.82) is 0 Å². The molecule has 0 saturated heterocycles. The van der Waals surface area contributed by atoms with E-state index in [0.29, 0.717) is 13.2 Å². The predicted molar refractivity (Wildman–Crippen MR) is 65.4 cm³/mol. The molecule has 1 N–H and O–H groups in total. The predicted octanol–water partition coefficient (Wildman–Crippen LogP) is 1.87. The number of hydrogen-bond acceptors (Lipinski definition) is 3. The number of methoxy groups -OCH3 is 1. The summed E-state index contributed by atoms with van der Waals surface area (Å²) in [6, 6.07) is 9.68. The molecule has 1 amide bonds. The van der Waals surface area contributed by atoms with Crippen LogP contribution in [0.15, 0.2) is 30.3 Å². The summed E-state index contributed by atoms with van der Waals surface area (Å²) in [5.41, 5.74) is 3.45. The van der Waals surface area contributed by atoms with E-state index < -0.39 is 0 Å². The van der Waals surface area contributed by atoms with Crippen molar-refractivity contribution in [2.24, 2.45) is 0 Å². The van der Waals surface area contributed by atoms with Gasteiger partial charge >= 0.3 is 0 Å². The lowest BCUT2D eigenvalue weighted by Gasteiger charge is -2.14. The molecule has 0 aliphatic rings. The molecule has 0 bridgehead atoms. The highest BCUT2D eigenvalue weighted by atomic mass is 16.7. The summed E-state index contributed by atoms with van der Waals surface area (Å²) < 4.78 is 4.82. The molecule has 1 rings (SSSR count). The number of carbonyl (C=O) groups excluding carboxylic acids is 1. The molecule has 0 aliphatic heterocycles. The van der Waals surface area contributed by atoms with Crippen LogP contribution >= 0.6 is 0 Å². The Morgan fingerprint density at radius 3 is 2.59 bits per heavy atom. The number of rotatable bonds is 7. The second-order valence-corrected chi connectivity index (χ2v) is 3.68. The third-order valence-electron chi connectivity index (χ3n) is 2.49. The largest absolute Gasteiger partial charge is 0.382 e. The van der Waals surface area contributed by atoms with E-state index in [1.807, 2.05) is 37.3 Å². The molecular weight excluding hydrogens is 218 g/mol. The molecule has 4 heteroatoms. The zero-order valence-corrected chi connectivity index (χ0v) is 10.3. The van der Waals surface area contributed by atoms with Gasteiger partial charge in [-0.05, 0) is 12.0 Å². The highest BCUT2D eigenvalue weighted by molar-refractivity contribution is 5.82. The molecule has 1 aromatic rings. The Morgan fingerprint density at radius 1 is 1.29 bits per heavy atom. The number of nitrogens with one attached hydrogen (secondary N) is 1. The summed E-state index contributed by atoms with van der Waals surface area (Å²) in [5.74, 6) is -0.284. The Morgan fingerprint density at radius 2 is 2.00 bits per heavy atom. The summed E-state index contributed by atoms with van der Waals surface area (Å²) in [6.45, 7) is 2.79. The lowest BCUT2D eigenvalue weighted by molar-refractivity contribution is -0.136. The van der Waals surface area contributed by atoms with Gasteiger partial charge in [-0.2, -0.15) is 0 Å². The molecule has 4 nitrogen and oxygen atoms in total. The van der Waals surface area contributed by atoms with Gasteiger partial charge in [0.25, 0.3) is 5.91 Å². The summed E-state index contributed by atoms with van der Waals surface area (Å²) >= 11 is 0. The van der Waals surface area contributed by atoms with Gasteiger partial charge in [0, 0.05) is 7.11 Å². The van der Waals surface area contributed by atoms with Crippen LogP contribution in [0.25, 0.3) is 0 Å². The maximum atomic E-state index is 11.9. The fourth-order valence-electron chi connectivity index (χ4n) is 1.58. The second kappa shape index (κ2) is 7.81. The number of ether oxygens (including phenoxy) is 1. The van der Waals surface area contributed by atoms with Gasteiger partial charge in [-0.3, -0.25) is 9.63 Å². The van der Waals surface area contributed by atoms with Crippen molar-refractivity contribution in [2.75, 3.05) is 20.3 Å². The third-order valence-corrected chi connectivity index (χ3v) is 2.49. The molecule has 94 valence electrons. The van der Waals surface area contributed by atoms with Gasteiger partial charge in [-0.25, -0.2) is 5.48 Å². The maximum absolute atomic E-state index is 11.9. The summed E-state index contributed by atoms with van der Waals surface area (Å²) in [4.78, 5) is 16.9. The van der Waals surface area contributed by atoms with Crippen LogP contribution in [-0.2, 0) is 14.4 Å². The quantitative estimate of drug-likeness (QED) is 0.582. The standard InChI is InChI=1S/C13H19NO3/c1-3-12(11-7-5-4-6-8-11)13(15)14-17-10-9-16-2/h4-8,12H,3,9-10H2,1-2H3,(H,14,15). The summed E-state index contributed by atoms with van der Waals surface area (Å²) in [7, 11) is 1.59. The van der Waals surface area contributed by atoms with Gasteiger partial charge in [-0.15, -0.1) is 0 Å². The summed E-state index contributed by atoms with van der Waals surface area (Å²) in [6.07, 6.45) is 0.740. The van der Waals surface area contributed by atoms with Gasteiger partial charge in [0.1, 0.15) is 0 Å². The fourth-order valence-corrected chi connectivity index (χ4v) is 1.58. The van der Waals surface area contributed by atoms with Crippen LogP contribution in [0.1, 0.15) is 24.8 Å². The number of hydroxylamine groups is 1. The van der Waals surface area contributed by atoms with E-state index in [1.54, 1.807) is 7.11 Å². The van der Waals surface area contributed by atoms with Crippen molar-refractivity contribution < 1.29 is 14.4 Å². The second-order valence-electron chi connectivity index (χ2n) is 3.68. The van der Waals surface area contributed by atoms with Crippen molar-refractivity contribution in [1.82, 2.24) is 5.48 Å². The van der Waals surface area contributed by atoms with Crippen LogP contribution in [-0.4, -0.2) is 26.2 Å². The van der Waals surface area contributed by atoms with E-state index in [0.717, 1.165) is 12.0 Å². The van der Waals surface area contributed by atoms with E-state index in [9.17, 15) is 4.79 Å². The summed E-state index contributed by atoms with van der Waals surface area (Å²) in [5, 5.41) is 0. The third kappa shape index (κ3) is 4.54. The average molecular weight is 237 g/mol. The van der Waals surface area contributed by atoms with Gasteiger partial charge in [0.05, 0.1) is 19.1 Å². The van der Waals surface area contributed by atoms with Gasteiger partial charge in [-0.1, -0.05) is 37.3 Å². The Hall–Kier alpha value is -1.39. The highest BCUT2D eigenvalue weighted by Crippen LogP contribution is 2.18.